The number of thioether (sulfide) groups is 1. The number of benzene rings is 4. The number of aromatic nitrogens is 4. The highest BCUT2D eigenvalue weighted by Gasteiger charge is 2.41. The van der Waals surface area contributed by atoms with Crippen LogP contribution < -0.4 is 14.2 Å². The summed E-state index contributed by atoms with van der Waals surface area (Å²) < 4.78 is 56.7. The van der Waals surface area contributed by atoms with Crippen LogP contribution in [0.1, 0.15) is 58.2 Å². The van der Waals surface area contributed by atoms with Gasteiger partial charge in [0.1, 0.15) is 22.1 Å². The van der Waals surface area contributed by atoms with Crippen LogP contribution in [0, 0.1) is 3.57 Å². The lowest BCUT2D eigenvalue weighted by Crippen LogP contribution is -2.53. The van der Waals surface area contributed by atoms with E-state index < -0.39 is 36.1 Å². The number of amides is 1. The zero-order valence-electron chi connectivity index (χ0n) is 37.9. The van der Waals surface area contributed by atoms with Crippen molar-refractivity contribution in [3.63, 3.8) is 0 Å². The highest BCUT2D eigenvalue weighted by Crippen LogP contribution is 2.42. The first-order valence-corrected chi connectivity index (χ1v) is 26.8. The highest BCUT2D eigenvalue weighted by atomic mass is 127. The number of ether oxygens (including phenoxy) is 3. The normalized spacial score (nSPS) is 12.9. The Kier molecular flexibility index (Phi) is 16.4. The van der Waals surface area contributed by atoms with Crippen LogP contribution >= 0.6 is 34.4 Å². The van der Waals surface area contributed by atoms with Gasteiger partial charge in [-0.3, -0.25) is 0 Å². The molecular weight excluding hydrogens is 972 g/mol. The van der Waals surface area contributed by atoms with E-state index in [9.17, 15) is 9.90 Å². The average molecular weight is 1030 g/mol. The van der Waals surface area contributed by atoms with Crippen LogP contribution in [0.3, 0.4) is 0 Å². The van der Waals surface area contributed by atoms with Gasteiger partial charge in [-0.05, 0) is 132 Å². The standard InChI is InChI=1S/C45H59IN6O8S2Si/c1-44(2,3)51(43(53)54)29-37(60-63(10,11)45(4,5)6)30-61-39-25-24-38(46)40(42-47-49-52(48-42)28-33-16-22-36(59-9)23-17-33)41(39)62(55,56)50(26-31-12-18-34(57-7)19-13-31)27-32-14-20-35(58-8)21-15-32/h12-25,37H,26-30H2,1-11H3,(H,53,54). The Labute approximate surface area is 391 Å². The molecule has 63 heavy (non-hydrogen) atoms. The SMILES string of the molecule is COc1ccc(CN(Cc2ccc(OC)cc2)S(=O)(=O)c2c(SCC(CN(C(=O)O)C(C)(C)C)O[Si](C)(C)C(C)(C)C)ccc(I)c2-c2nnn(Cc3ccc(OC)cc3)n2)cc1. The van der Waals surface area contributed by atoms with Gasteiger partial charge in [0.05, 0.1) is 46.1 Å². The smallest absolute Gasteiger partial charge is 0.407 e. The summed E-state index contributed by atoms with van der Waals surface area (Å²) in [6.45, 7) is 16.6. The van der Waals surface area contributed by atoms with Crippen molar-refractivity contribution in [2.24, 2.45) is 0 Å². The summed E-state index contributed by atoms with van der Waals surface area (Å²) in [4.78, 5) is 16.0. The second-order valence-electron chi connectivity index (χ2n) is 17.6. The van der Waals surface area contributed by atoms with Crippen molar-refractivity contribution < 1.29 is 37.0 Å². The third-order valence-electron chi connectivity index (χ3n) is 11.0. The lowest BCUT2D eigenvalue weighted by atomic mass is 10.1. The maximum Gasteiger partial charge on any atom is 0.407 e. The van der Waals surface area contributed by atoms with Gasteiger partial charge in [0.15, 0.2) is 8.32 Å². The van der Waals surface area contributed by atoms with Crippen LogP contribution in [0.4, 0.5) is 4.79 Å². The predicted molar refractivity (Wildman–Crippen MR) is 258 cm³/mol. The lowest BCUT2D eigenvalue weighted by molar-refractivity contribution is 0.0668. The summed E-state index contributed by atoms with van der Waals surface area (Å²) >= 11 is 3.44. The molecule has 1 atom stereocenters. The highest BCUT2D eigenvalue weighted by molar-refractivity contribution is 14.1. The number of tetrazole rings is 1. The molecule has 18 heteroatoms. The predicted octanol–water partition coefficient (Wildman–Crippen LogP) is 9.67. The minimum atomic E-state index is -4.41. The number of nitrogens with zero attached hydrogens (tertiary/aromatic N) is 6. The first-order valence-electron chi connectivity index (χ1n) is 20.4. The van der Waals surface area contributed by atoms with E-state index in [4.69, 9.17) is 23.7 Å². The molecule has 1 N–H and O–H groups in total. The van der Waals surface area contributed by atoms with Gasteiger partial charge >= 0.3 is 6.09 Å². The molecule has 5 rings (SSSR count). The number of carbonyl (C=O) groups is 1. The van der Waals surface area contributed by atoms with E-state index in [1.54, 1.807) is 51.7 Å². The largest absolute Gasteiger partial charge is 0.497 e. The van der Waals surface area contributed by atoms with Crippen LogP contribution in [0.5, 0.6) is 17.2 Å². The molecule has 5 aromatic rings. The van der Waals surface area contributed by atoms with Crippen molar-refractivity contribution in [2.45, 2.75) is 101 Å². The first kappa shape index (κ1) is 49.8. The Balaban J connectivity index is 1.67. The van der Waals surface area contributed by atoms with Gasteiger partial charge in [-0.15, -0.1) is 22.0 Å². The second-order valence-corrected chi connectivity index (χ2v) is 26.4. The molecule has 0 aliphatic carbocycles. The maximum atomic E-state index is 15.8. The third kappa shape index (κ3) is 12.7. The lowest BCUT2D eigenvalue weighted by Gasteiger charge is -2.42. The molecule has 0 fully saturated rings. The van der Waals surface area contributed by atoms with Crippen LogP contribution in [0.25, 0.3) is 11.4 Å². The second kappa shape index (κ2) is 20.7. The van der Waals surface area contributed by atoms with Gasteiger partial charge in [-0.1, -0.05) is 57.2 Å². The number of hydrogen-bond donors (Lipinski definition) is 1. The van der Waals surface area contributed by atoms with Gasteiger partial charge in [0.2, 0.25) is 15.8 Å². The van der Waals surface area contributed by atoms with E-state index in [1.165, 1.54) is 25.8 Å². The number of sulfonamides is 1. The van der Waals surface area contributed by atoms with E-state index in [0.29, 0.717) is 31.3 Å². The average Bonchev–Trinajstić information content (AvgIpc) is 3.69. The molecule has 0 saturated heterocycles. The van der Waals surface area contributed by atoms with Gasteiger partial charge in [-0.2, -0.15) is 9.10 Å². The van der Waals surface area contributed by atoms with Crippen molar-refractivity contribution in [3.05, 3.63) is 105 Å². The quantitative estimate of drug-likeness (QED) is 0.0475. The molecular formula is C45H59IN6O8S2Si. The topological polar surface area (TPSA) is 158 Å². The molecule has 0 saturated carbocycles. The Morgan fingerprint density at radius 2 is 1.30 bits per heavy atom. The number of methoxy groups -OCH3 is 3. The van der Waals surface area contributed by atoms with Crippen LogP contribution in [0.2, 0.25) is 18.1 Å². The van der Waals surface area contributed by atoms with E-state index in [1.807, 2.05) is 75.4 Å². The molecule has 0 aliphatic rings. The maximum absolute atomic E-state index is 15.8. The minimum Gasteiger partial charge on any atom is -0.497 e. The van der Waals surface area contributed by atoms with E-state index in [2.05, 4.69) is 66.8 Å². The summed E-state index contributed by atoms with van der Waals surface area (Å²) in [7, 11) is -2.10. The Morgan fingerprint density at radius 3 is 1.75 bits per heavy atom. The third-order valence-corrected chi connectivity index (χ3v) is 19.6. The molecule has 1 amide bonds. The minimum absolute atomic E-state index is 0.0161. The molecule has 1 unspecified atom stereocenters. The summed E-state index contributed by atoms with van der Waals surface area (Å²) in [6.07, 6.45) is -1.64. The number of halogens is 1. The van der Waals surface area contributed by atoms with Crippen molar-refractivity contribution in [3.8, 4) is 28.6 Å². The molecule has 1 aromatic heterocycles. The van der Waals surface area contributed by atoms with Crippen LogP contribution in [0.15, 0.2) is 94.7 Å². The Hall–Kier alpha value is -4.21. The Morgan fingerprint density at radius 1 is 0.810 bits per heavy atom. The van der Waals surface area contributed by atoms with Crippen molar-refractivity contribution in [1.82, 2.24) is 29.4 Å². The van der Waals surface area contributed by atoms with E-state index >= 15 is 8.42 Å². The zero-order chi connectivity index (χ0) is 46.3. The van der Waals surface area contributed by atoms with Crippen molar-refractivity contribution >= 4 is 58.8 Å². The molecule has 1 heterocycles. The summed E-state index contributed by atoms with van der Waals surface area (Å²) in [5, 5.41) is 23.8. The Bertz CT molecular complexity index is 2370. The molecule has 0 radical (unpaired) electrons. The van der Waals surface area contributed by atoms with Crippen molar-refractivity contribution in [2.75, 3.05) is 33.6 Å². The summed E-state index contributed by atoms with van der Waals surface area (Å²) in [5.41, 5.74) is 1.98. The monoisotopic (exact) mass is 1030 g/mol. The first-order chi connectivity index (χ1) is 29.6. The molecule has 4 aromatic carbocycles. The number of carboxylic acid groups (broad SMARTS) is 1. The molecule has 0 bridgehead atoms. The number of rotatable bonds is 19. The van der Waals surface area contributed by atoms with E-state index in [0.717, 1.165) is 16.7 Å². The van der Waals surface area contributed by atoms with Gasteiger partial charge < -0.3 is 28.6 Å². The van der Waals surface area contributed by atoms with Crippen LogP contribution in [-0.2, 0) is 34.1 Å². The molecule has 0 spiro atoms. The van der Waals surface area contributed by atoms with Gasteiger partial charge in [0, 0.05) is 32.8 Å². The fraction of sp³-hybridized carbons (Fsp3) is 0.422. The fourth-order valence-corrected chi connectivity index (χ4v) is 11.8. The fourth-order valence-electron chi connectivity index (χ4n) is 6.39. The summed E-state index contributed by atoms with van der Waals surface area (Å²) in [6, 6.07) is 25.7. The molecule has 340 valence electrons. The zero-order valence-corrected chi connectivity index (χ0v) is 42.7. The van der Waals surface area contributed by atoms with E-state index in [-0.39, 0.29) is 47.7 Å². The number of hydrogen-bond acceptors (Lipinski definition) is 11. The van der Waals surface area contributed by atoms with Gasteiger partial charge in [0.25, 0.3) is 0 Å². The van der Waals surface area contributed by atoms with Crippen molar-refractivity contribution in [1.29, 1.82) is 0 Å². The summed E-state index contributed by atoms with van der Waals surface area (Å²) in [5.74, 6) is 2.40. The molecule has 14 nitrogen and oxygen atoms in total. The van der Waals surface area contributed by atoms with Crippen LogP contribution in [-0.4, -0.2) is 103 Å². The molecule has 0 aliphatic heterocycles. The van der Waals surface area contributed by atoms with Gasteiger partial charge in [-0.25, -0.2) is 13.2 Å².